The van der Waals surface area contributed by atoms with Crippen molar-refractivity contribution in [2.24, 2.45) is 0 Å². The molecule has 0 fully saturated rings. The number of hydrogen-bond donors (Lipinski definition) is 1. The van der Waals surface area contributed by atoms with Crippen LogP contribution in [0.2, 0.25) is 0 Å². The van der Waals surface area contributed by atoms with Gasteiger partial charge in [0.25, 0.3) is 5.91 Å². The lowest BCUT2D eigenvalue weighted by Gasteiger charge is -2.02. The number of thiazole rings is 1. The second kappa shape index (κ2) is 6.78. The molecule has 0 aliphatic carbocycles. The van der Waals surface area contributed by atoms with Crippen LogP contribution in [0, 0.1) is 0 Å². The number of carbonyl (C=O) groups excluding carboxylic acids is 1. The highest BCUT2D eigenvalue weighted by molar-refractivity contribution is 7.13. The van der Waals surface area contributed by atoms with E-state index >= 15 is 0 Å². The van der Waals surface area contributed by atoms with E-state index < -0.39 is 0 Å². The molecule has 0 aliphatic heterocycles. The zero-order valence-electron chi connectivity index (χ0n) is 13.2. The highest BCUT2D eigenvalue weighted by Crippen LogP contribution is 2.26. The summed E-state index contributed by atoms with van der Waals surface area (Å²) in [5.74, 6) is -0.192. The molecule has 7 nitrogen and oxygen atoms in total. The van der Waals surface area contributed by atoms with Gasteiger partial charge in [-0.3, -0.25) is 9.78 Å². The number of rotatable bonds is 5. The zero-order valence-corrected chi connectivity index (χ0v) is 14.0. The Labute approximate surface area is 147 Å². The fraction of sp³-hybridized carbons (Fsp3) is 0.118. The van der Waals surface area contributed by atoms with Gasteiger partial charge in [0.15, 0.2) is 5.65 Å². The smallest absolute Gasteiger partial charge is 0.270 e. The maximum Gasteiger partial charge on any atom is 0.270 e. The van der Waals surface area contributed by atoms with Gasteiger partial charge in [0.2, 0.25) is 0 Å². The maximum absolute atomic E-state index is 12.3. The molecule has 0 unspecified atom stereocenters. The summed E-state index contributed by atoms with van der Waals surface area (Å²) in [6.45, 7) is 0.515. The molecule has 4 rings (SSSR count). The lowest BCUT2D eigenvalue weighted by molar-refractivity contribution is 0.0950. The number of nitrogens with zero attached hydrogens (tertiary/aromatic N) is 5. The summed E-state index contributed by atoms with van der Waals surface area (Å²) in [5, 5.41) is 9.59. The maximum atomic E-state index is 12.3. The van der Waals surface area contributed by atoms with E-state index in [0.29, 0.717) is 18.7 Å². The molecule has 0 saturated heterocycles. The minimum atomic E-state index is -0.192. The van der Waals surface area contributed by atoms with E-state index in [1.54, 1.807) is 28.5 Å². The summed E-state index contributed by atoms with van der Waals surface area (Å²) < 4.78 is 1.68. The fourth-order valence-corrected chi connectivity index (χ4v) is 3.23. The molecule has 4 aromatic heterocycles. The molecule has 0 radical (unpaired) electrons. The van der Waals surface area contributed by atoms with Crippen molar-refractivity contribution in [1.82, 2.24) is 29.9 Å². The first kappa shape index (κ1) is 15.4. The lowest BCUT2D eigenvalue weighted by atomic mass is 10.2. The minimum absolute atomic E-state index is 0.192. The van der Waals surface area contributed by atoms with Crippen molar-refractivity contribution in [2.75, 3.05) is 6.54 Å². The average molecular weight is 350 g/mol. The highest BCUT2D eigenvalue weighted by Gasteiger charge is 2.15. The van der Waals surface area contributed by atoms with Crippen LogP contribution in [0.1, 0.15) is 16.2 Å². The molecule has 25 heavy (non-hydrogen) atoms. The predicted octanol–water partition coefficient (Wildman–Crippen LogP) is 2.22. The number of fused-ring (bicyclic) bond motifs is 1. The first-order valence-electron chi connectivity index (χ1n) is 7.73. The monoisotopic (exact) mass is 350 g/mol. The third-order valence-corrected chi connectivity index (χ3v) is 4.51. The first-order valence-corrected chi connectivity index (χ1v) is 8.61. The van der Waals surface area contributed by atoms with Crippen molar-refractivity contribution in [3.8, 4) is 10.6 Å². The van der Waals surface area contributed by atoms with Crippen molar-refractivity contribution in [1.29, 1.82) is 0 Å². The highest BCUT2D eigenvalue weighted by atomic mass is 32.1. The van der Waals surface area contributed by atoms with Gasteiger partial charge in [-0.15, -0.1) is 11.3 Å². The zero-order chi connectivity index (χ0) is 17.1. The average Bonchev–Trinajstić information content (AvgIpc) is 3.29. The number of aromatic nitrogens is 5. The molecule has 0 atom stereocenters. The SMILES string of the molecule is O=C(NCCc1ccccn1)c1csc(-c2cnn3cccnc23)n1. The predicted molar refractivity (Wildman–Crippen MR) is 94.4 cm³/mol. The third-order valence-electron chi connectivity index (χ3n) is 3.64. The fourth-order valence-electron chi connectivity index (χ4n) is 2.42. The second-order valence-corrected chi connectivity index (χ2v) is 6.17. The summed E-state index contributed by atoms with van der Waals surface area (Å²) in [6, 6.07) is 7.55. The van der Waals surface area contributed by atoms with E-state index in [0.717, 1.165) is 21.9 Å². The van der Waals surface area contributed by atoms with Crippen molar-refractivity contribution < 1.29 is 4.79 Å². The largest absolute Gasteiger partial charge is 0.350 e. The quantitative estimate of drug-likeness (QED) is 0.596. The van der Waals surface area contributed by atoms with Crippen LogP contribution < -0.4 is 5.32 Å². The van der Waals surface area contributed by atoms with Crippen molar-refractivity contribution in [3.63, 3.8) is 0 Å². The van der Waals surface area contributed by atoms with Crippen LogP contribution in [0.25, 0.3) is 16.2 Å². The number of pyridine rings is 1. The molecule has 1 amide bonds. The Balaban J connectivity index is 1.45. The Kier molecular flexibility index (Phi) is 4.17. The van der Waals surface area contributed by atoms with Crippen LogP contribution in [-0.2, 0) is 6.42 Å². The molecule has 0 aromatic carbocycles. The number of amides is 1. The van der Waals surface area contributed by atoms with Gasteiger partial charge in [0.05, 0.1) is 11.8 Å². The van der Waals surface area contributed by atoms with Crippen LogP contribution in [-0.4, -0.2) is 37.0 Å². The van der Waals surface area contributed by atoms with Crippen LogP contribution in [0.3, 0.4) is 0 Å². The van der Waals surface area contributed by atoms with Crippen LogP contribution in [0.5, 0.6) is 0 Å². The van der Waals surface area contributed by atoms with Gasteiger partial charge in [0, 0.05) is 42.6 Å². The molecule has 0 aliphatic rings. The van der Waals surface area contributed by atoms with E-state index in [2.05, 4.69) is 25.4 Å². The van der Waals surface area contributed by atoms with Gasteiger partial charge in [-0.1, -0.05) is 6.07 Å². The molecule has 8 heteroatoms. The van der Waals surface area contributed by atoms with Gasteiger partial charge in [-0.25, -0.2) is 14.5 Å². The normalized spacial score (nSPS) is 10.9. The minimum Gasteiger partial charge on any atom is -0.350 e. The topological polar surface area (TPSA) is 85.1 Å². The van der Waals surface area contributed by atoms with Gasteiger partial charge in [-0.05, 0) is 18.2 Å². The van der Waals surface area contributed by atoms with E-state index in [-0.39, 0.29) is 5.91 Å². The standard InChI is InChI=1S/C17H14N6OS/c24-16(20-8-5-12-4-1-2-6-18-12)14-11-25-17(22-14)13-10-21-23-9-3-7-19-15(13)23/h1-4,6-7,9-11H,5,8H2,(H,20,24). The molecule has 4 aromatic rings. The Morgan fingerprint density at radius 2 is 2.12 bits per heavy atom. The second-order valence-electron chi connectivity index (χ2n) is 5.31. The molecule has 0 saturated carbocycles. The molecule has 4 heterocycles. The third kappa shape index (κ3) is 3.24. The Morgan fingerprint density at radius 1 is 1.20 bits per heavy atom. The lowest BCUT2D eigenvalue weighted by Crippen LogP contribution is -2.26. The van der Waals surface area contributed by atoms with Gasteiger partial charge in [0.1, 0.15) is 10.7 Å². The van der Waals surface area contributed by atoms with Gasteiger partial charge in [-0.2, -0.15) is 5.10 Å². The number of nitrogens with one attached hydrogen (secondary N) is 1. The van der Waals surface area contributed by atoms with E-state index in [4.69, 9.17) is 0 Å². The van der Waals surface area contributed by atoms with E-state index in [1.807, 2.05) is 30.5 Å². The Morgan fingerprint density at radius 3 is 3.00 bits per heavy atom. The summed E-state index contributed by atoms with van der Waals surface area (Å²) in [7, 11) is 0. The van der Waals surface area contributed by atoms with Crippen LogP contribution in [0.4, 0.5) is 0 Å². The number of hydrogen-bond acceptors (Lipinski definition) is 6. The summed E-state index contributed by atoms with van der Waals surface area (Å²) in [6.07, 6.45) is 7.67. The molecular weight excluding hydrogens is 336 g/mol. The molecular formula is C17H14N6OS. The van der Waals surface area contributed by atoms with Crippen molar-refractivity contribution in [2.45, 2.75) is 6.42 Å². The first-order chi connectivity index (χ1) is 12.3. The van der Waals surface area contributed by atoms with Crippen molar-refractivity contribution >= 4 is 22.9 Å². The molecule has 0 spiro atoms. The summed E-state index contributed by atoms with van der Waals surface area (Å²) in [4.78, 5) is 25.2. The molecule has 0 bridgehead atoms. The van der Waals surface area contributed by atoms with Crippen molar-refractivity contribution in [3.05, 3.63) is 65.8 Å². The molecule has 1 N–H and O–H groups in total. The summed E-state index contributed by atoms with van der Waals surface area (Å²) in [5.41, 5.74) is 2.88. The van der Waals surface area contributed by atoms with E-state index in [9.17, 15) is 4.79 Å². The summed E-state index contributed by atoms with van der Waals surface area (Å²) >= 11 is 1.40. The number of carbonyl (C=O) groups is 1. The van der Waals surface area contributed by atoms with Gasteiger partial charge < -0.3 is 5.32 Å². The Hall–Kier alpha value is -3.13. The van der Waals surface area contributed by atoms with Gasteiger partial charge >= 0.3 is 0 Å². The van der Waals surface area contributed by atoms with Crippen LogP contribution >= 0.6 is 11.3 Å². The Bertz CT molecular complexity index is 1010. The van der Waals surface area contributed by atoms with Crippen LogP contribution in [0.15, 0.2) is 54.4 Å². The molecule has 124 valence electrons. The van der Waals surface area contributed by atoms with E-state index in [1.165, 1.54) is 11.3 Å².